The summed E-state index contributed by atoms with van der Waals surface area (Å²) in [4.78, 5) is 18.4. The summed E-state index contributed by atoms with van der Waals surface area (Å²) < 4.78 is 1.09. The lowest BCUT2D eigenvalue weighted by Gasteiger charge is -2.32. The first-order chi connectivity index (χ1) is 14.1. The number of aromatic nitrogens is 2. The molecular weight excluding hydrogens is 450 g/mol. The van der Waals surface area contributed by atoms with Crippen LogP contribution in [0, 0.1) is 5.92 Å². The maximum absolute atomic E-state index is 12.6. The molecule has 2 aliphatic heterocycles. The molecule has 2 aliphatic rings. The Bertz CT molecular complexity index is 819. The second-order valence-electron chi connectivity index (χ2n) is 7.81. The number of piperidine rings is 1. The van der Waals surface area contributed by atoms with E-state index in [1.807, 2.05) is 24.3 Å². The zero-order chi connectivity index (χ0) is 20.2. The maximum Gasteiger partial charge on any atom is 0.223 e. The van der Waals surface area contributed by atoms with Crippen LogP contribution in [0.2, 0.25) is 0 Å². The Labute approximate surface area is 184 Å². The zero-order valence-electron chi connectivity index (χ0n) is 16.8. The van der Waals surface area contributed by atoms with Crippen LogP contribution in [0.25, 0.3) is 10.6 Å². The Hall–Kier alpha value is -1.51. The molecule has 1 amide bonds. The third-order valence-electron chi connectivity index (χ3n) is 6.08. The average Bonchev–Trinajstić information content (AvgIpc) is 3.41. The second kappa shape index (κ2) is 9.53. The number of nitrogens with one attached hydrogen (secondary N) is 1. The molecule has 2 fully saturated rings. The molecule has 4 heterocycles. The molecule has 2 aromatic rings. The minimum Gasteiger partial charge on any atom is -0.355 e. The van der Waals surface area contributed by atoms with Crippen LogP contribution in [-0.4, -0.2) is 59.8 Å². The lowest BCUT2D eigenvalue weighted by Crippen LogP contribution is -2.45. The van der Waals surface area contributed by atoms with Gasteiger partial charge in [-0.3, -0.25) is 9.69 Å². The first kappa shape index (κ1) is 20.8. The van der Waals surface area contributed by atoms with Crippen molar-refractivity contribution in [1.29, 1.82) is 0 Å². The number of amides is 1. The number of anilines is 1. The van der Waals surface area contributed by atoms with Gasteiger partial charge in [0.05, 0.1) is 8.66 Å². The monoisotopic (exact) mass is 477 g/mol. The van der Waals surface area contributed by atoms with E-state index in [-0.39, 0.29) is 11.8 Å². The molecule has 0 bridgehead atoms. The van der Waals surface area contributed by atoms with Crippen molar-refractivity contribution < 1.29 is 4.79 Å². The molecule has 2 saturated heterocycles. The van der Waals surface area contributed by atoms with E-state index in [9.17, 15) is 4.79 Å². The number of carbonyl (C=O) groups is 1. The quantitative estimate of drug-likeness (QED) is 0.685. The summed E-state index contributed by atoms with van der Waals surface area (Å²) in [6.07, 6.45) is 4.19. The fourth-order valence-electron chi connectivity index (χ4n) is 4.35. The summed E-state index contributed by atoms with van der Waals surface area (Å²) in [5, 5.41) is 12.0. The van der Waals surface area contributed by atoms with Crippen LogP contribution in [0.1, 0.15) is 32.6 Å². The average molecular weight is 478 g/mol. The Morgan fingerprint density at radius 3 is 2.66 bits per heavy atom. The summed E-state index contributed by atoms with van der Waals surface area (Å²) >= 11 is 5.14. The third kappa shape index (κ3) is 4.98. The predicted molar refractivity (Wildman–Crippen MR) is 121 cm³/mol. The van der Waals surface area contributed by atoms with Gasteiger partial charge in [0.25, 0.3) is 0 Å². The number of nitrogens with zero attached hydrogens (tertiary/aromatic N) is 4. The van der Waals surface area contributed by atoms with Gasteiger partial charge in [-0.05, 0) is 79.0 Å². The molecule has 0 spiro atoms. The lowest BCUT2D eigenvalue weighted by atomic mass is 9.95. The number of carbonyl (C=O) groups excluding carboxylic acids is 1. The van der Waals surface area contributed by atoms with Crippen molar-refractivity contribution in [2.24, 2.45) is 5.92 Å². The Morgan fingerprint density at radius 2 is 2.00 bits per heavy atom. The van der Waals surface area contributed by atoms with E-state index in [0.29, 0.717) is 6.04 Å². The lowest BCUT2D eigenvalue weighted by molar-refractivity contribution is -0.125. The summed E-state index contributed by atoms with van der Waals surface area (Å²) in [6.45, 7) is 6.92. The van der Waals surface area contributed by atoms with Crippen molar-refractivity contribution in [1.82, 2.24) is 20.4 Å². The normalized spacial score (nSPS) is 20.9. The smallest absolute Gasteiger partial charge is 0.223 e. The van der Waals surface area contributed by atoms with Crippen LogP contribution < -0.4 is 10.2 Å². The Kier molecular flexibility index (Phi) is 6.82. The van der Waals surface area contributed by atoms with Gasteiger partial charge < -0.3 is 10.2 Å². The van der Waals surface area contributed by atoms with Crippen LogP contribution >= 0.6 is 27.3 Å². The van der Waals surface area contributed by atoms with Gasteiger partial charge in [0, 0.05) is 31.6 Å². The van der Waals surface area contributed by atoms with Gasteiger partial charge in [0.1, 0.15) is 5.69 Å². The molecule has 8 heteroatoms. The van der Waals surface area contributed by atoms with E-state index in [4.69, 9.17) is 0 Å². The highest BCUT2D eigenvalue weighted by Crippen LogP contribution is 2.30. The number of halogens is 1. The number of rotatable bonds is 6. The first-order valence-electron chi connectivity index (χ1n) is 10.5. The molecule has 156 valence electrons. The van der Waals surface area contributed by atoms with Crippen LogP contribution in [0.5, 0.6) is 0 Å². The number of thiophene rings is 1. The number of likely N-dealkylation sites (tertiary alicyclic amines) is 1. The van der Waals surface area contributed by atoms with Crippen LogP contribution in [-0.2, 0) is 4.79 Å². The highest BCUT2D eigenvalue weighted by Gasteiger charge is 2.28. The summed E-state index contributed by atoms with van der Waals surface area (Å²) in [7, 11) is 0. The topological polar surface area (TPSA) is 61.4 Å². The number of hydrogen-bond donors (Lipinski definition) is 1. The third-order valence-corrected chi connectivity index (χ3v) is 7.73. The zero-order valence-corrected chi connectivity index (χ0v) is 19.2. The predicted octanol–water partition coefficient (Wildman–Crippen LogP) is 3.78. The summed E-state index contributed by atoms with van der Waals surface area (Å²) in [5.74, 6) is 1.23. The molecule has 29 heavy (non-hydrogen) atoms. The minimum absolute atomic E-state index is 0.110. The van der Waals surface area contributed by atoms with Gasteiger partial charge in [-0.15, -0.1) is 21.5 Å². The molecule has 0 radical (unpaired) electrons. The van der Waals surface area contributed by atoms with Gasteiger partial charge in [0.15, 0.2) is 5.82 Å². The highest BCUT2D eigenvalue weighted by atomic mass is 79.9. The molecule has 0 unspecified atom stereocenters. The van der Waals surface area contributed by atoms with Crippen molar-refractivity contribution in [2.45, 2.75) is 38.6 Å². The van der Waals surface area contributed by atoms with Crippen LogP contribution in [0.15, 0.2) is 28.1 Å². The van der Waals surface area contributed by atoms with Crippen molar-refractivity contribution in [2.75, 3.05) is 37.6 Å². The van der Waals surface area contributed by atoms with Gasteiger partial charge >= 0.3 is 0 Å². The first-order valence-corrected chi connectivity index (χ1v) is 12.1. The van der Waals surface area contributed by atoms with Crippen molar-refractivity contribution in [3.63, 3.8) is 0 Å². The Morgan fingerprint density at radius 1 is 1.17 bits per heavy atom. The standard InChI is InChI=1S/C21H28BrN5OS/c1-2-26-11-3-4-16(26)14-23-21(28)15-9-12-27(13-10-15)20-8-5-17(24-25-20)18-6-7-19(22)29-18/h5-8,15-16H,2-4,9-14H2,1H3,(H,23,28)/t16-/m0/s1. The van der Waals surface area contributed by atoms with Crippen LogP contribution in [0.4, 0.5) is 5.82 Å². The molecule has 0 aromatic carbocycles. The molecule has 1 N–H and O–H groups in total. The highest BCUT2D eigenvalue weighted by molar-refractivity contribution is 9.11. The van der Waals surface area contributed by atoms with Gasteiger partial charge in [0.2, 0.25) is 5.91 Å². The van der Waals surface area contributed by atoms with Crippen molar-refractivity contribution in [3.05, 3.63) is 28.1 Å². The van der Waals surface area contributed by atoms with E-state index in [0.717, 1.165) is 59.2 Å². The fourth-order valence-corrected chi connectivity index (χ4v) is 5.70. The van der Waals surface area contributed by atoms with Gasteiger partial charge in [-0.2, -0.15) is 0 Å². The second-order valence-corrected chi connectivity index (χ2v) is 10.3. The fraction of sp³-hybridized carbons (Fsp3) is 0.571. The summed E-state index contributed by atoms with van der Waals surface area (Å²) in [5.41, 5.74) is 0.895. The number of likely N-dealkylation sites (N-methyl/N-ethyl adjacent to an activating group) is 1. The van der Waals surface area contributed by atoms with E-state index in [1.165, 1.54) is 19.4 Å². The van der Waals surface area contributed by atoms with E-state index >= 15 is 0 Å². The van der Waals surface area contributed by atoms with E-state index in [2.05, 4.69) is 48.2 Å². The molecule has 2 aromatic heterocycles. The Balaban J connectivity index is 1.26. The van der Waals surface area contributed by atoms with Gasteiger partial charge in [-0.1, -0.05) is 6.92 Å². The van der Waals surface area contributed by atoms with Crippen molar-refractivity contribution >= 4 is 39.0 Å². The minimum atomic E-state index is 0.110. The van der Waals surface area contributed by atoms with Gasteiger partial charge in [-0.25, -0.2) is 0 Å². The molecule has 1 atom stereocenters. The largest absolute Gasteiger partial charge is 0.355 e. The molecule has 4 rings (SSSR count). The van der Waals surface area contributed by atoms with E-state index in [1.54, 1.807) is 11.3 Å². The molecule has 0 aliphatic carbocycles. The molecule has 6 nitrogen and oxygen atoms in total. The summed E-state index contributed by atoms with van der Waals surface area (Å²) in [6, 6.07) is 8.66. The van der Waals surface area contributed by atoms with E-state index < -0.39 is 0 Å². The number of hydrogen-bond acceptors (Lipinski definition) is 6. The van der Waals surface area contributed by atoms with Crippen molar-refractivity contribution in [3.8, 4) is 10.6 Å². The molecular formula is C21H28BrN5OS. The SMILES string of the molecule is CCN1CCC[C@H]1CNC(=O)C1CCN(c2ccc(-c3ccc(Br)s3)nn2)CC1. The maximum atomic E-state index is 12.6. The molecule has 0 saturated carbocycles. The van der Waals surface area contributed by atoms with Crippen LogP contribution in [0.3, 0.4) is 0 Å².